The predicted octanol–water partition coefficient (Wildman–Crippen LogP) is 2.12. The Labute approximate surface area is 112 Å². The number of hydrogen-bond acceptors (Lipinski definition) is 5. The van der Waals surface area contributed by atoms with Crippen LogP contribution in [0.5, 0.6) is 0 Å². The highest BCUT2D eigenvalue weighted by molar-refractivity contribution is 7.11. The summed E-state index contributed by atoms with van der Waals surface area (Å²) in [7, 11) is 0. The van der Waals surface area contributed by atoms with Crippen LogP contribution in [0.4, 0.5) is 0 Å². The van der Waals surface area contributed by atoms with E-state index >= 15 is 0 Å². The van der Waals surface area contributed by atoms with Gasteiger partial charge in [0.2, 0.25) is 0 Å². The first-order valence-corrected chi connectivity index (χ1v) is 7.80. The van der Waals surface area contributed by atoms with Gasteiger partial charge in [-0.15, -0.1) is 21.5 Å². The van der Waals surface area contributed by atoms with Crippen molar-refractivity contribution in [2.24, 2.45) is 0 Å². The van der Waals surface area contributed by atoms with Crippen molar-refractivity contribution in [3.05, 3.63) is 10.0 Å². The molecule has 1 aromatic heterocycles. The topological polar surface area (TPSA) is 47.0 Å². The third-order valence-corrected chi connectivity index (χ3v) is 4.75. The maximum Gasteiger partial charge on any atom is 0.122 e. The Bertz CT molecular complexity index is 391. The van der Waals surface area contributed by atoms with Crippen molar-refractivity contribution in [2.45, 2.75) is 57.1 Å². The van der Waals surface area contributed by atoms with E-state index in [1.807, 2.05) is 0 Å². The summed E-state index contributed by atoms with van der Waals surface area (Å²) < 4.78 is 5.59. The largest absolute Gasteiger partial charge is 0.378 e. The third kappa shape index (κ3) is 3.28. The van der Waals surface area contributed by atoms with Gasteiger partial charge in [-0.05, 0) is 39.2 Å². The second-order valence-electron chi connectivity index (χ2n) is 5.44. The van der Waals surface area contributed by atoms with Crippen LogP contribution in [0.2, 0.25) is 0 Å². The van der Waals surface area contributed by atoms with E-state index in [0.29, 0.717) is 12.0 Å². The van der Waals surface area contributed by atoms with Crippen LogP contribution in [0, 0.1) is 0 Å². The summed E-state index contributed by atoms with van der Waals surface area (Å²) in [5.41, 5.74) is 0. The van der Waals surface area contributed by atoms with Crippen molar-refractivity contribution < 1.29 is 4.74 Å². The van der Waals surface area contributed by atoms with Gasteiger partial charge in [0.25, 0.3) is 0 Å². The van der Waals surface area contributed by atoms with E-state index in [4.69, 9.17) is 4.74 Å². The number of ether oxygens (including phenoxy) is 1. The van der Waals surface area contributed by atoms with Crippen LogP contribution in [-0.4, -0.2) is 35.5 Å². The Morgan fingerprint density at radius 1 is 1.39 bits per heavy atom. The van der Waals surface area contributed by atoms with Crippen LogP contribution < -0.4 is 5.32 Å². The molecular formula is C13H21N3OS. The lowest BCUT2D eigenvalue weighted by atomic mass is 10.1. The van der Waals surface area contributed by atoms with Gasteiger partial charge in [0, 0.05) is 18.4 Å². The van der Waals surface area contributed by atoms with Crippen LogP contribution in [0.25, 0.3) is 0 Å². The highest BCUT2D eigenvalue weighted by Crippen LogP contribution is 2.31. The van der Waals surface area contributed by atoms with Crippen molar-refractivity contribution in [3.8, 4) is 0 Å². The first kappa shape index (κ1) is 12.5. The van der Waals surface area contributed by atoms with Gasteiger partial charge in [-0.1, -0.05) is 0 Å². The van der Waals surface area contributed by atoms with E-state index in [-0.39, 0.29) is 0 Å². The monoisotopic (exact) mass is 267 g/mol. The highest BCUT2D eigenvalue weighted by atomic mass is 32.1. The van der Waals surface area contributed by atoms with Gasteiger partial charge < -0.3 is 10.1 Å². The lowest BCUT2D eigenvalue weighted by Crippen LogP contribution is -2.17. The molecule has 0 bridgehead atoms. The molecule has 4 nitrogen and oxygen atoms in total. The number of aryl methyl sites for hydroxylation is 1. The fourth-order valence-electron chi connectivity index (χ4n) is 2.36. The molecule has 2 unspecified atom stereocenters. The quantitative estimate of drug-likeness (QED) is 0.802. The molecule has 1 aliphatic carbocycles. The van der Waals surface area contributed by atoms with Crippen molar-refractivity contribution in [3.63, 3.8) is 0 Å². The molecule has 1 saturated carbocycles. The fraction of sp³-hybridized carbons (Fsp3) is 0.846. The predicted molar refractivity (Wildman–Crippen MR) is 72.0 cm³/mol. The minimum absolute atomic E-state index is 0.380. The lowest BCUT2D eigenvalue weighted by molar-refractivity contribution is 0.123. The number of nitrogens with one attached hydrogen (secondary N) is 1. The van der Waals surface area contributed by atoms with E-state index in [1.165, 1.54) is 29.3 Å². The third-order valence-electron chi connectivity index (χ3n) is 3.61. The molecule has 0 aromatic carbocycles. The molecule has 18 heavy (non-hydrogen) atoms. The van der Waals surface area contributed by atoms with Crippen LogP contribution in [0.1, 0.15) is 48.5 Å². The van der Waals surface area contributed by atoms with Gasteiger partial charge in [-0.25, -0.2) is 0 Å². The van der Waals surface area contributed by atoms with Gasteiger partial charge in [0.05, 0.1) is 12.7 Å². The molecule has 2 heterocycles. The Morgan fingerprint density at radius 2 is 2.28 bits per heavy atom. The van der Waals surface area contributed by atoms with E-state index < -0.39 is 0 Å². The van der Waals surface area contributed by atoms with Crippen molar-refractivity contribution in [2.75, 3.05) is 13.2 Å². The zero-order valence-corrected chi connectivity index (χ0v) is 11.7. The molecule has 2 atom stereocenters. The van der Waals surface area contributed by atoms with Crippen LogP contribution >= 0.6 is 11.3 Å². The standard InChI is InChI=1S/C13H21N3OS/c1-9-7-10(8-17-9)13-16-15-12(18-13)3-2-6-14-11-4-5-11/h9-11,14H,2-8H2,1H3. The maximum atomic E-state index is 5.59. The van der Waals surface area contributed by atoms with Crippen molar-refractivity contribution >= 4 is 11.3 Å². The zero-order valence-electron chi connectivity index (χ0n) is 10.9. The second-order valence-corrected chi connectivity index (χ2v) is 6.54. The summed E-state index contributed by atoms with van der Waals surface area (Å²) in [6, 6.07) is 0.812. The van der Waals surface area contributed by atoms with E-state index in [9.17, 15) is 0 Å². The minimum Gasteiger partial charge on any atom is -0.378 e. The number of hydrogen-bond donors (Lipinski definition) is 1. The van der Waals surface area contributed by atoms with Gasteiger partial charge in [-0.3, -0.25) is 0 Å². The van der Waals surface area contributed by atoms with E-state index in [2.05, 4.69) is 22.4 Å². The molecule has 1 N–H and O–H groups in total. The summed E-state index contributed by atoms with van der Waals surface area (Å²) in [5, 5.41) is 14.5. The van der Waals surface area contributed by atoms with Crippen LogP contribution in [0.3, 0.4) is 0 Å². The maximum absolute atomic E-state index is 5.59. The summed E-state index contributed by atoms with van der Waals surface area (Å²) in [5.74, 6) is 0.482. The second kappa shape index (κ2) is 5.63. The molecule has 0 amide bonds. The van der Waals surface area contributed by atoms with Crippen molar-refractivity contribution in [1.82, 2.24) is 15.5 Å². The molecule has 1 saturated heterocycles. The molecular weight excluding hydrogens is 246 g/mol. The Balaban J connectivity index is 1.43. The van der Waals surface area contributed by atoms with Crippen LogP contribution in [-0.2, 0) is 11.2 Å². The zero-order chi connectivity index (χ0) is 12.4. The van der Waals surface area contributed by atoms with Gasteiger partial charge in [0.1, 0.15) is 10.0 Å². The fourth-order valence-corrected chi connectivity index (χ4v) is 3.34. The Hall–Kier alpha value is -0.520. The Morgan fingerprint density at radius 3 is 3.00 bits per heavy atom. The van der Waals surface area contributed by atoms with E-state index in [1.54, 1.807) is 11.3 Å². The average Bonchev–Trinajstić information content (AvgIpc) is 2.88. The highest BCUT2D eigenvalue weighted by Gasteiger charge is 2.26. The van der Waals surface area contributed by atoms with Crippen molar-refractivity contribution in [1.29, 1.82) is 0 Å². The lowest BCUT2D eigenvalue weighted by Gasteiger charge is -2.00. The molecule has 2 aliphatic rings. The average molecular weight is 267 g/mol. The molecule has 1 aromatic rings. The summed E-state index contributed by atoms with van der Waals surface area (Å²) >= 11 is 1.78. The van der Waals surface area contributed by atoms with Gasteiger partial charge in [0.15, 0.2) is 0 Å². The number of rotatable bonds is 6. The molecule has 0 spiro atoms. The summed E-state index contributed by atoms with van der Waals surface area (Å²) in [6.45, 7) is 4.06. The Kier molecular flexibility index (Phi) is 3.91. The summed E-state index contributed by atoms with van der Waals surface area (Å²) in [4.78, 5) is 0. The smallest absolute Gasteiger partial charge is 0.122 e. The SMILES string of the molecule is CC1CC(c2nnc(CCCNC3CC3)s2)CO1. The van der Waals surface area contributed by atoms with Crippen LogP contribution in [0.15, 0.2) is 0 Å². The van der Waals surface area contributed by atoms with Gasteiger partial charge >= 0.3 is 0 Å². The number of aromatic nitrogens is 2. The van der Waals surface area contributed by atoms with E-state index in [0.717, 1.165) is 32.0 Å². The first-order chi connectivity index (χ1) is 8.81. The molecule has 100 valence electrons. The number of nitrogens with zero attached hydrogens (tertiary/aromatic N) is 2. The minimum atomic E-state index is 0.380. The normalized spacial score (nSPS) is 27.8. The molecule has 5 heteroatoms. The molecule has 2 fully saturated rings. The molecule has 1 aliphatic heterocycles. The first-order valence-electron chi connectivity index (χ1n) is 6.98. The summed E-state index contributed by atoms with van der Waals surface area (Å²) in [6.07, 6.45) is 6.43. The van der Waals surface area contributed by atoms with Gasteiger partial charge in [-0.2, -0.15) is 0 Å². The molecule has 3 rings (SSSR count). The molecule has 0 radical (unpaired) electrons.